The van der Waals surface area contributed by atoms with Crippen LogP contribution in [0.2, 0.25) is 4.34 Å². The van der Waals surface area contributed by atoms with E-state index in [4.69, 9.17) is 11.6 Å². The number of likely N-dealkylation sites (N-methyl/N-ethyl adjacent to an activating group) is 1. The Labute approximate surface area is 120 Å². The first-order valence-electron chi connectivity index (χ1n) is 6.89. The van der Waals surface area contributed by atoms with Gasteiger partial charge in [0, 0.05) is 10.9 Å². The summed E-state index contributed by atoms with van der Waals surface area (Å²) in [6.45, 7) is 11.1. The maximum Gasteiger partial charge on any atom is 0.0931 e. The van der Waals surface area contributed by atoms with Gasteiger partial charge in [-0.05, 0) is 51.2 Å². The summed E-state index contributed by atoms with van der Waals surface area (Å²) in [5.74, 6) is 0. The van der Waals surface area contributed by atoms with E-state index in [1.54, 1.807) is 11.3 Å². The second-order valence-corrected chi connectivity index (χ2v) is 6.28. The van der Waals surface area contributed by atoms with Crippen LogP contribution < -0.4 is 5.32 Å². The number of nitrogens with one attached hydrogen (secondary N) is 1. The summed E-state index contributed by atoms with van der Waals surface area (Å²) in [5.41, 5.74) is 0. The lowest BCUT2D eigenvalue weighted by molar-refractivity contribution is 0.281. The second kappa shape index (κ2) is 8.92. The first-order chi connectivity index (χ1) is 8.69. The topological polar surface area (TPSA) is 15.3 Å². The number of thiophene rings is 1. The average molecular weight is 289 g/mol. The molecule has 0 aromatic carbocycles. The quantitative estimate of drug-likeness (QED) is 0.746. The number of hydrogen-bond donors (Lipinski definition) is 1. The van der Waals surface area contributed by atoms with Crippen LogP contribution in [-0.2, 0) is 6.42 Å². The molecule has 2 nitrogen and oxygen atoms in total. The number of nitrogens with zero attached hydrogens (tertiary/aromatic N) is 1. The zero-order valence-corrected chi connectivity index (χ0v) is 13.3. The minimum Gasteiger partial charge on any atom is -0.314 e. The molecule has 0 fully saturated rings. The molecular weight excluding hydrogens is 264 g/mol. The van der Waals surface area contributed by atoms with Crippen LogP contribution >= 0.6 is 22.9 Å². The summed E-state index contributed by atoms with van der Waals surface area (Å²) < 4.78 is 0.893. The lowest BCUT2D eigenvalue weighted by Gasteiger charge is -2.23. The molecular formula is C14H25ClN2S. The van der Waals surface area contributed by atoms with Crippen LogP contribution in [0.3, 0.4) is 0 Å². The van der Waals surface area contributed by atoms with Gasteiger partial charge in [-0.15, -0.1) is 11.3 Å². The smallest absolute Gasteiger partial charge is 0.0931 e. The summed E-state index contributed by atoms with van der Waals surface area (Å²) in [6, 6.07) is 4.70. The molecule has 1 rings (SSSR count). The predicted octanol–water partition coefficient (Wildman–Crippen LogP) is 3.65. The number of rotatable bonds is 9. The van der Waals surface area contributed by atoms with E-state index in [0.717, 1.165) is 30.4 Å². The Morgan fingerprint density at radius 2 is 2.00 bits per heavy atom. The summed E-state index contributed by atoms with van der Waals surface area (Å²) in [6.07, 6.45) is 2.29. The maximum atomic E-state index is 5.98. The van der Waals surface area contributed by atoms with Crippen LogP contribution in [0.5, 0.6) is 0 Å². The molecule has 1 heterocycles. The third kappa shape index (κ3) is 5.70. The van der Waals surface area contributed by atoms with E-state index in [2.05, 4.69) is 37.1 Å². The summed E-state index contributed by atoms with van der Waals surface area (Å²) in [7, 11) is 0. The van der Waals surface area contributed by atoms with Crippen LogP contribution in [-0.4, -0.2) is 37.1 Å². The third-order valence-electron chi connectivity index (χ3n) is 3.26. The molecule has 1 unspecified atom stereocenters. The van der Waals surface area contributed by atoms with Crippen molar-refractivity contribution in [1.82, 2.24) is 10.2 Å². The van der Waals surface area contributed by atoms with Crippen molar-refractivity contribution in [3.8, 4) is 0 Å². The number of hydrogen-bond acceptors (Lipinski definition) is 3. The van der Waals surface area contributed by atoms with E-state index in [1.807, 2.05) is 6.07 Å². The van der Waals surface area contributed by atoms with E-state index >= 15 is 0 Å². The van der Waals surface area contributed by atoms with Crippen molar-refractivity contribution in [3.05, 3.63) is 21.3 Å². The summed E-state index contributed by atoms with van der Waals surface area (Å²) in [5, 5.41) is 3.58. The molecule has 0 saturated heterocycles. The Morgan fingerprint density at radius 1 is 1.28 bits per heavy atom. The molecule has 1 aromatic heterocycles. The largest absolute Gasteiger partial charge is 0.314 e. The average Bonchev–Trinajstić information content (AvgIpc) is 2.76. The molecule has 1 atom stereocenters. The molecule has 0 spiro atoms. The van der Waals surface area contributed by atoms with Gasteiger partial charge in [-0.3, -0.25) is 0 Å². The molecule has 104 valence electrons. The van der Waals surface area contributed by atoms with Gasteiger partial charge >= 0.3 is 0 Å². The Hall–Kier alpha value is -0.0900. The van der Waals surface area contributed by atoms with E-state index in [-0.39, 0.29) is 0 Å². The van der Waals surface area contributed by atoms with Gasteiger partial charge in [0.05, 0.1) is 4.34 Å². The first kappa shape index (κ1) is 16.0. The Balaban J connectivity index is 2.44. The fourth-order valence-corrected chi connectivity index (χ4v) is 3.31. The zero-order valence-electron chi connectivity index (χ0n) is 11.7. The lowest BCUT2D eigenvalue weighted by Crippen LogP contribution is -2.35. The van der Waals surface area contributed by atoms with Gasteiger partial charge in [0.2, 0.25) is 0 Å². The highest BCUT2D eigenvalue weighted by molar-refractivity contribution is 7.16. The second-order valence-electron chi connectivity index (χ2n) is 4.48. The van der Waals surface area contributed by atoms with Gasteiger partial charge in [0.15, 0.2) is 0 Å². The molecule has 0 amide bonds. The minimum absolute atomic E-state index is 0.560. The van der Waals surface area contributed by atoms with Gasteiger partial charge in [0.25, 0.3) is 0 Å². The van der Waals surface area contributed by atoms with E-state index in [9.17, 15) is 0 Å². The van der Waals surface area contributed by atoms with Crippen LogP contribution in [0.15, 0.2) is 12.1 Å². The molecule has 0 saturated carbocycles. The number of halogens is 1. The van der Waals surface area contributed by atoms with Crippen molar-refractivity contribution in [3.63, 3.8) is 0 Å². The van der Waals surface area contributed by atoms with Crippen molar-refractivity contribution < 1.29 is 0 Å². The van der Waals surface area contributed by atoms with E-state index < -0.39 is 0 Å². The molecule has 0 aliphatic carbocycles. The first-order valence-corrected chi connectivity index (χ1v) is 8.08. The standard InChI is InChI=1S/C14H25ClN2S/c1-4-16-12(9-10-17(5-2)6-3)11-13-7-8-14(15)18-13/h7-8,12,16H,4-6,9-11H2,1-3H3. The van der Waals surface area contributed by atoms with Gasteiger partial charge in [-0.25, -0.2) is 0 Å². The molecule has 0 aliphatic heterocycles. The Kier molecular flexibility index (Phi) is 7.91. The van der Waals surface area contributed by atoms with Crippen LogP contribution in [0, 0.1) is 0 Å². The molecule has 0 aliphatic rings. The Bertz CT molecular complexity index is 323. The van der Waals surface area contributed by atoms with Crippen molar-refractivity contribution in [2.45, 2.75) is 39.7 Å². The Morgan fingerprint density at radius 3 is 2.50 bits per heavy atom. The fraction of sp³-hybridized carbons (Fsp3) is 0.714. The molecule has 0 radical (unpaired) electrons. The molecule has 4 heteroatoms. The van der Waals surface area contributed by atoms with Gasteiger partial charge in [-0.1, -0.05) is 32.4 Å². The van der Waals surface area contributed by atoms with E-state index in [0.29, 0.717) is 6.04 Å². The molecule has 18 heavy (non-hydrogen) atoms. The van der Waals surface area contributed by atoms with Crippen molar-refractivity contribution >= 4 is 22.9 Å². The van der Waals surface area contributed by atoms with Crippen molar-refractivity contribution in [2.24, 2.45) is 0 Å². The fourth-order valence-electron chi connectivity index (χ4n) is 2.15. The molecule has 1 aromatic rings. The third-order valence-corrected chi connectivity index (χ3v) is 4.51. The lowest BCUT2D eigenvalue weighted by atomic mass is 10.1. The predicted molar refractivity (Wildman–Crippen MR) is 82.9 cm³/mol. The zero-order chi connectivity index (χ0) is 13.4. The van der Waals surface area contributed by atoms with Gasteiger partial charge in [-0.2, -0.15) is 0 Å². The summed E-state index contributed by atoms with van der Waals surface area (Å²) in [4.78, 5) is 3.86. The van der Waals surface area contributed by atoms with Crippen LogP contribution in [0.1, 0.15) is 32.1 Å². The van der Waals surface area contributed by atoms with Gasteiger partial charge < -0.3 is 10.2 Å². The maximum absolute atomic E-state index is 5.98. The highest BCUT2D eigenvalue weighted by atomic mass is 35.5. The molecule has 1 N–H and O–H groups in total. The SMILES string of the molecule is CCNC(CCN(CC)CC)Cc1ccc(Cl)s1. The molecule has 0 bridgehead atoms. The van der Waals surface area contributed by atoms with Crippen molar-refractivity contribution in [2.75, 3.05) is 26.2 Å². The summed E-state index contributed by atoms with van der Waals surface area (Å²) >= 11 is 7.68. The van der Waals surface area contributed by atoms with Crippen LogP contribution in [0.25, 0.3) is 0 Å². The van der Waals surface area contributed by atoms with Crippen molar-refractivity contribution in [1.29, 1.82) is 0 Å². The van der Waals surface area contributed by atoms with Gasteiger partial charge in [0.1, 0.15) is 0 Å². The van der Waals surface area contributed by atoms with E-state index in [1.165, 1.54) is 17.8 Å². The highest BCUT2D eigenvalue weighted by Crippen LogP contribution is 2.23. The van der Waals surface area contributed by atoms with Crippen LogP contribution in [0.4, 0.5) is 0 Å². The monoisotopic (exact) mass is 288 g/mol. The normalized spacial score (nSPS) is 13.2. The minimum atomic E-state index is 0.560. The highest BCUT2D eigenvalue weighted by Gasteiger charge is 2.11.